The first-order valence-electron chi connectivity index (χ1n) is 6.39. The van der Waals surface area contributed by atoms with Crippen molar-refractivity contribution >= 4 is 11.4 Å². The highest BCUT2D eigenvalue weighted by atomic mass is 14.8. The number of hydrogen-bond donors (Lipinski definition) is 0. The molecule has 2 aromatic rings. The minimum Gasteiger partial charge on any atom is -0.261 e. The van der Waals surface area contributed by atoms with Crippen molar-refractivity contribution in [2.45, 2.75) is 33.1 Å². The van der Waals surface area contributed by atoms with E-state index < -0.39 is 0 Å². The van der Waals surface area contributed by atoms with Gasteiger partial charge in [0.1, 0.15) is 5.69 Å². The Morgan fingerprint density at radius 3 is 2.26 bits per heavy atom. The number of nitrogens with zero attached hydrogens (tertiary/aromatic N) is 3. The van der Waals surface area contributed by atoms with Gasteiger partial charge >= 0.3 is 0 Å². The average molecular weight is 253 g/mol. The third kappa shape index (κ3) is 3.47. The van der Waals surface area contributed by atoms with Crippen molar-refractivity contribution in [2.75, 3.05) is 0 Å². The van der Waals surface area contributed by atoms with Crippen LogP contribution in [0.5, 0.6) is 0 Å². The highest BCUT2D eigenvalue weighted by molar-refractivity contribution is 5.98. The largest absolute Gasteiger partial charge is 0.261 e. The summed E-state index contributed by atoms with van der Waals surface area (Å²) >= 11 is 0. The second kappa shape index (κ2) is 5.31. The molecule has 0 saturated carbocycles. The van der Waals surface area contributed by atoms with Gasteiger partial charge < -0.3 is 0 Å². The van der Waals surface area contributed by atoms with Crippen LogP contribution < -0.4 is 0 Å². The summed E-state index contributed by atoms with van der Waals surface area (Å²) in [4.78, 5) is 12.9. The normalized spacial score (nSPS) is 12.5. The monoisotopic (exact) mass is 253 g/mol. The molecule has 0 spiro atoms. The highest BCUT2D eigenvalue weighted by Gasteiger charge is 2.12. The maximum absolute atomic E-state index is 4.57. The number of benzene rings is 1. The standard InChI is InChI=1S/C16H19N3/c1-12(15-11-17-9-10-18-15)19-14-7-5-13(6-8-14)16(2,3)4/h5-11H,1-4H3/b19-12+. The average Bonchev–Trinajstić information content (AvgIpc) is 2.39. The molecule has 0 aliphatic carbocycles. The van der Waals surface area contributed by atoms with Gasteiger partial charge in [-0.05, 0) is 30.0 Å². The van der Waals surface area contributed by atoms with Gasteiger partial charge in [-0.2, -0.15) is 0 Å². The fourth-order valence-electron chi connectivity index (χ4n) is 1.77. The Morgan fingerprint density at radius 1 is 1.05 bits per heavy atom. The van der Waals surface area contributed by atoms with Crippen molar-refractivity contribution in [1.82, 2.24) is 9.97 Å². The van der Waals surface area contributed by atoms with Gasteiger partial charge in [0.2, 0.25) is 0 Å². The van der Waals surface area contributed by atoms with E-state index in [4.69, 9.17) is 0 Å². The number of rotatable bonds is 2. The van der Waals surface area contributed by atoms with E-state index in [1.165, 1.54) is 5.56 Å². The Labute approximate surface area is 114 Å². The summed E-state index contributed by atoms with van der Waals surface area (Å²) in [5.74, 6) is 0. The molecule has 0 amide bonds. The van der Waals surface area contributed by atoms with Gasteiger partial charge in [-0.3, -0.25) is 15.0 Å². The van der Waals surface area contributed by atoms with Crippen molar-refractivity contribution in [3.05, 3.63) is 54.1 Å². The van der Waals surface area contributed by atoms with Crippen LogP contribution in [0.15, 0.2) is 47.8 Å². The number of hydrogen-bond acceptors (Lipinski definition) is 3. The van der Waals surface area contributed by atoms with E-state index in [0.717, 1.165) is 17.1 Å². The summed E-state index contributed by atoms with van der Waals surface area (Å²) in [6.45, 7) is 8.56. The van der Waals surface area contributed by atoms with Gasteiger partial charge in [-0.1, -0.05) is 32.9 Å². The summed E-state index contributed by atoms with van der Waals surface area (Å²) in [7, 11) is 0. The fraction of sp³-hybridized carbons (Fsp3) is 0.312. The molecule has 1 aromatic carbocycles. The summed E-state index contributed by atoms with van der Waals surface area (Å²) in [5.41, 5.74) is 4.10. The van der Waals surface area contributed by atoms with E-state index in [2.05, 4.69) is 47.9 Å². The summed E-state index contributed by atoms with van der Waals surface area (Å²) < 4.78 is 0. The molecule has 3 nitrogen and oxygen atoms in total. The molecule has 0 aliphatic heterocycles. The lowest BCUT2D eigenvalue weighted by Gasteiger charge is -2.18. The first-order chi connectivity index (χ1) is 8.97. The first-order valence-corrected chi connectivity index (χ1v) is 6.39. The predicted molar refractivity (Wildman–Crippen MR) is 79.0 cm³/mol. The predicted octanol–water partition coefficient (Wildman–Crippen LogP) is 3.91. The molecule has 1 heterocycles. The zero-order chi connectivity index (χ0) is 13.9. The van der Waals surface area contributed by atoms with E-state index in [0.29, 0.717) is 0 Å². The Kier molecular flexibility index (Phi) is 3.74. The van der Waals surface area contributed by atoms with Gasteiger partial charge in [0.05, 0.1) is 17.6 Å². The summed E-state index contributed by atoms with van der Waals surface area (Å²) in [5, 5.41) is 0. The zero-order valence-electron chi connectivity index (χ0n) is 11.9. The summed E-state index contributed by atoms with van der Waals surface area (Å²) in [6.07, 6.45) is 5.06. The number of aliphatic imine (C=N–C) groups is 1. The Balaban J connectivity index is 2.24. The van der Waals surface area contributed by atoms with Gasteiger partial charge in [0, 0.05) is 12.4 Å². The molecule has 0 aliphatic rings. The molecule has 19 heavy (non-hydrogen) atoms. The Hall–Kier alpha value is -2.03. The van der Waals surface area contributed by atoms with E-state index in [1.807, 2.05) is 19.1 Å². The van der Waals surface area contributed by atoms with E-state index in [-0.39, 0.29) is 5.41 Å². The molecular weight excluding hydrogens is 234 g/mol. The van der Waals surface area contributed by atoms with E-state index in [1.54, 1.807) is 18.6 Å². The van der Waals surface area contributed by atoms with Gasteiger partial charge in [0.25, 0.3) is 0 Å². The minimum atomic E-state index is 0.169. The van der Waals surface area contributed by atoms with E-state index >= 15 is 0 Å². The third-order valence-electron chi connectivity index (χ3n) is 2.96. The molecule has 0 unspecified atom stereocenters. The Morgan fingerprint density at radius 2 is 1.74 bits per heavy atom. The van der Waals surface area contributed by atoms with Crippen molar-refractivity contribution in [2.24, 2.45) is 4.99 Å². The van der Waals surface area contributed by atoms with Gasteiger partial charge in [-0.25, -0.2) is 0 Å². The van der Waals surface area contributed by atoms with Gasteiger partial charge in [0.15, 0.2) is 0 Å². The summed E-state index contributed by atoms with van der Waals surface area (Å²) in [6, 6.07) is 8.34. The van der Waals surface area contributed by atoms with Crippen LogP contribution in [0, 0.1) is 0 Å². The Bertz CT molecular complexity index is 563. The molecule has 0 bridgehead atoms. The van der Waals surface area contributed by atoms with Crippen molar-refractivity contribution in [1.29, 1.82) is 0 Å². The van der Waals surface area contributed by atoms with Crippen LogP contribution in [-0.2, 0) is 5.41 Å². The molecule has 98 valence electrons. The van der Waals surface area contributed by atoms with Crippen LogP contribution in [0.25, 0.3) is 0 Å². The van der Waals surface area contributed by atoms with Crippen LogP contribution in [0.1, 0.15) is 39.0 Å². The van der Waals surface area contributed by atoms with Crippen LogP contribution in [0.4, 0.5) is 5.69 Å². The molecule has 0 atom stereocenters. The lowest BCUT2D eigenvalue weighted by atomic mass is 9.87. The maximum Gasteiger partial charge on any atom is 0.102 e. The lowest BCUT2D eigenvalue weighted by Crippen LogP contribution is -2.10. The van der Waals surface area contributed by atoms with Crippen LogP contribution in [0.2, 0.25) is 0 Å². The molecule has 0 fully saturated rings. The first kappa shape index (κ1) is 13.4. The van der Waals surface area contributed by atoms with Crippen LogP contribution in [-0.4, -0.2) is 15.7 Å². The van der Waals surface area contributed by atoms with Crippen molar-refractivity contribution in [3.63, 3.8) is 0 Å². The highest BCUT2D eigenvalue weighted by Crippen LogP contribution is 2.24. The molecular formula is C16H19N3. The quantitative estimate of drug-likeness (QED) is 0.761. The minimum absolute atomic E-state index is 0.169. The number of aromatic nitrogens is 2. The molecule has 0 N–H and O–H groups in total. The molecule has 0 radical (unpaired) electrons. The van der Waals surface area contributed by atoms with Crippen molar-refractivity contribution in [3.8, 4) is 0 Å². The second-order valence-corrected chi connectivity index (χ2v) is 5.58. The van der Waals surface area contributed by atoms with Crippen LogP contribution in [0.3, 0.4) is 0 Å². The topological polar surface area (TPSA) is 38.1 Å². The third-order valence-corrected chi connectivity index (χ3v) is 2.96. The smallest absolute Gasteiger partial charge is 0.102 e. The zero-order valence-corrected chi connectivity index (χ0v) is 11.9. The molecule has 3 heteroatoms. The van der Waals surface area contributed by atoms with Gasteiger partial charge in [-0.15, -0.1) is 0 Å². The van der Waals surface area contributed by atoms with Crippen LogP contribution >= 0.6 is 0 Å². The SMILES string of the molecule is C/C(=N\c1ccc(C(C)(C)C)cc1)c1cnccn1. The maximum atomic E-state index is 4.57. The molecule has 1 aromatic heterocycles. The molecule has 0 saturated heterocycles. The van der Waals surface area contributed by atoms with E-state index in [9.17, 15) is 0 Å². The molecule has 2 rings (SSSR count). The fourth-order valence-corrected chi connectivity index (χ4v) is 1.77. The lowest BCUT2D eigenvalue weighted by molar-refractivity contribution is 0.590. The van der Waals surface area contributed by atoms with Crippen molar-refractivity contribution < 1.29 is 0 Å². The second-order valence-electron chi connectivity index (χ2n) is 5.58.